The fraction of sp³-hybridized carbons (Fsp3) is 0.167. The molecular formula is C18H18N2O2. The number of amides is 1. The Bertz CT molecular complexity index is 821. The summed E-state index contributed by atoms with van der Waals surface area (Å²) in [5.74, 6) is 0.575. The third-order valence-corrected chi connectivity index (χ3v) is 3.62. The van der Waals surface area contributed by atoms with Crippen molar-refractivity contribution in [3.8, 4) is 5.75 Å². The van der Waals surface area contributed by atoms with Crippen molar-refractivity contribution >= 4 is 22.5 Å². The molecule has 0 radical (unpaired) electrons. The average molecular weight is 294 g/mol. The predicted octanol–water partition coefficient (Wildman–Crippen LogP) is 3.60. The van der Waals surface area contributed by atoms with Crippen molar-refractivity contribution < 1.29 is 9.53 Å². The average Bonchev–Trinajstić information content (AvgIpc) is 2.89. The van der Waals surface area contributed by atoms with Gasteiger partial charge in [-0.2, -0.15) is 0 Å². The quantitative estimate of drug-likeness (QED) is 0.799. The van der Waals surface area contributed by atoms with E-state index in [9.17, 15) is 4.79 Å². The lowest BCUT2D eigenvalue weighted by atomic mass is 10.2. The molecule has 0 aliphatic heterocycles. The summed E-state index contributed by atoms with van der Waals surface area (Å²) >= 11 is 0. The number of nitrogens with zero attached hydrogens (tertiary/aromatic N) is 1. The van der Waals surface area contributed by atoms with Crippen molar-refractivity contribution in [3.05, 3.63) is 60.3 Å². The van der Waals surface area contributed by atoms with Gasteiger partial charge in [0.25, 0.3) is 0 Å². The highest BCUT2D eigenvalue weighted by atomic mass is 16.5. The van der Waals surface area contributed by atoms with Crippen LogP contribution >= 0.6 is 0 Å². The van der Waals surface area contributed by atoms with Crippen molar-refractivity contribution in [2.24, 2.45) is 0 Å². The van der Waals surface area contributed by atoms with Gasteiger partial charge in [0.05, 0.1) is 12.8 Å². The van der Waals surface area contributed by atoms with Gasteiger partial charge in [0.2, 0.25) is 5.91 Å². The molecule has 112 valence electrons. The molecule has 0 spiro atoms. The Morgan fingerprint density at radius 1 is 1.18 bits per heavy atom. The van der Waals surface area contributed by atoms with E-state index < -0.39 is 0 Å². The van der Waals surface area contributed by atoms with E-state index in [1.165, 1.54) is 5.56 Å². The van der Waals surface area contributed by atoms with Crippen LogP contribution in [0.3, 0.4) is 0 Å². The summed E-state index contributed by atoms with van der Waals surface area (Å²) in [4.78, 5) is 12.3. The summed E-state index contributed by atoms with van der Waals surface area (Å²) < 4.78 is 7.19. The van der Waals surface area contributed by atoms with E-state index in [0.29, 0.717) is 11.4 Å². The SMILES string of the molecule is COc1ccccc1NC(=O)Cn1ccc2cc(C)ccc21. The molecular weight excluding hydrogens is 276 g/mol. The van der Waals surface area contributed by atoms with E-state index in [2.05, 4.69) is 24.4 Å². The van der Waals surface area contributed by atoms with Crippen molar-refractivity contribution in [3.63, 3.8) is 0 Å². The molecule has 0 aliphatic rings. The minimum atomic E-state index is -0.0809. The number of fused-ring (bicyclic) bond motifs is 1. The van der Waals surface area contributed by atoms with Crippen LogP contribution in [0.4, 0.5) is 5.69 Å². The molecule has 22 heavy (non-hydrogen) atoms. The van der Waals surface area contributed by atoms with Crippen molar-refractivity contribution in [2.75, 3.05) is 12.4 Å². The summed E-state index contributed by atoms with van der Waals surface area (Å²) in [6.07, 6.45) is 1.94. The Morgan fingerprint density at radius 2 is 2.00 bits per heavy atom. The van der Waals surface area contributed by atoms with Crippen LogP contribution in [0.15, 0.2) is 54.7 Å². The lowest BCUT2D eigenvalue weighted by molar-refractivity contribution is -0.116. The van der Waals surface area contributed by atoms with Gasteiger partial charge >= 0.3 is 0 Å². The number of aryl methyl sites for hydroxylation is 1. The first-order valence-corrected chi connectivity index (χ1v) is 7.16. The first-order valence-electron chi connectivity index (χ1n) is 7.16. The van der Waals surface area contributed by atoms with Crippen molar-refractivity contribution in [2.45, 2.75) is 13.5 Å². The van der Waals surface area contributed by atoms with Gasteiger partial charge in [-0.3, -0.25) is 4.79 Å². The second-order valence-corrected chi connectivity index (χ2v) is 5.25. The lowest BCUT2D eigenvalue weighted by Gasteiger charge is -2.11. The normalized spacial score (nSPS) is 10.6. The van der Waals surface area contributed by atoms with Crippen LogP contribution < -0.4 is 10.1 Å². The number of hydrogen-bond acceptors (Lipinski definition) is 2. The number of benzene rings is 2. The molecule has 1 amide bonds. The molecule has 3 rings (SSSR count). The summed E-state index contributed by atoms with van der Waals surface area (Å²) in [6.45, 7) is 2.33. The number of para-hydroxylation sites is 2. The number of aromatic nitrogens is 1. The molecule has 0 aliphatic carbocycles. The molecule has 0 atom stereocenters. The summed E-state index contributed by atoms with van der Waals surface area (Å²) in [5, 5.41) is 4.03. The van der Waals surface area contributed by atoms with Crippen LogP contribution in [-0.2, 0) is 11.3 Å². The van der Waals surface area contributed by atoms with E-state index in [0.717, 1.165) is 10.9 Å². The molecule has 1 heterocycles. The van der Waals surface area contributed by atoms with Crippen molar-refractivity contribution in [1.29, 1.82) is 0 Å². The Morgan fingerprint density at radius 3 is 2.82 bits per heavy atom. The monoisotopic (exact) mass is 294 g/mol. The fourth-order valence-electron chi connectivity index (χ4n) is 2.55. The van der Waals surface area contributed by atoms with Crippen molar-refractivity contribution in [1.82, 2.24) is 4.57 Å². The van der Waals surface area contributed by atoms with Gasteiger partial charge < -0.3 is 14.6 Å². The number of rotatable bonds is 4. The highest BCUT2D eigenvalue weighted by Gasteiger charge is 2.09. The van der Waals surface area contributed by atoms with Crippen LogP contribution in [0.1, 0.15) is 5.56 Å². The lowest BCUT2D eigenvalue weighted by Crippen LogP contribution is -2.18. The molecule has 1 N–H and O–H groups in total. The predicted molar refractivity (Wildman–Crippen MR) is 88.3 cm³/mol. The highest BCUT2D eigenvalue weighted by Crippen LogP contribution is 2.23. The number of carbonyl (C=O) groups is 1. The van der Waals surface area contributed by atoms with Crippen LogP contribution in [-0.4, -0.2) is 17.6 Å². The van der Waals surface area contributed by atoms with Gasteiger partial charge in [-0.05, 0) is 42.6 Å². The molecule has 4 nitrogen and oxygen atoms in total. The number of anilines is 1. The molecule has 1 aromatic heterocycles. The third kappa shape index (κ3) is 2.81. The minimum Gasteiger partial charge on any atom is -0.495 e. The topological polar surface area (TPSA) is 43.3 Å². The Kier molecular flexibility index (Phi) is 3.83. The maximum atomic E-state index is 12.3. The van der Waals surface area contributed by atoms with Crippen LogP contribution in [0.2, 0.25) is 0 Å². The molecule has 0 fully saturated rings. The summed E-state index contributed by atoms with van der Waals surface area (Å²) in [7, 11) is 1.59. The van der Waals surface area contributed by atoms with Crippen LogP contribution in [0.5, 0.6) is 5.75 Å². The van der Waals surface area contributed by atoms with E-state index in [-0.39, 0.29) is 12.5 Å². The zero-order chi connectivity index (χ0) is 15.5. The largest absolute Gasteiger partial charge is 0.495 e. The first-order chi connectivity index (χ1) is 10.7. The summed E-state index contributed by atoms with van der Waals surface area (Å²) in [5.41, 5.74) is 2.95. The maximum Gasteiger partial charge on any atom is 0.244 e. The highest BCUT2D eigenvalue weighted by molar-refractivity contribution is 5.93. The van der Waals surface area contributed by atoms with Crippen LogP contribution in [0, 0.1) is 6.92 Å². The second kappa shape index (κ2) is 5.93. The number of carbonyl (C=O) groups excluding carboxylic acids is 1. The smallest absolute Gasteiger partial charge is 0.244 e. The maximum absolute atomic E-state index is 12.3. The molecule has 0 bridgehead atoms. The van der Waals surface area contributed by atoms with Gasteiger partial charge in [0.15, 0.2) is 0 Å². The van der Waals surface area contributed by atoms with Gasteiger partial charge in [-0.25, -0.2) is 0 Å². The summed E-state index contributed by atoms with van der Waals surface area (Å²) in [6, 6.07) is 15.6. The number of hydrogen-bond donors (Lipinski definition) is 1. The fourth-order valence-corrected chi connectivity index (χ4v) is 2.55. The van der Waals surface area contributed by atoms with E-state index >= 15 is 0 Å². The molecule has 0 saturated carbocycles. The molecule has 0 unspecified atom stereocenters. The molecule has 3 aromatic rings. The van der Waals surface area contributed by atoms with Gasteiger partial charge in [0.1, 0.15) is 12.3 Å². The Labute approximate surface area is 129 Å². The Balaban J connectivity index is 1.78. The second-order valence-electron chi connectivity index (χ2n) is 5.25. The standard InChI is InChI=1S/C18H18N2O2/c1-13-7-8-16-14(11-13)9-10-20(16)12-18(21)19-15-5-3-4-6-17(15)22-2/h3-11H,12H2,1-2H3,(H,19,21). The van der Waals surface area contributed by atoms with Gasteiger partial charge in [-0.1, -0.05) is 23.8 Å². The van der Waals surface area contributed by atoms with Crippen LogP contribution in [0.25, 0.3) is 10.9 Å². The van der Waals surface area contributed by atoms with Gasteiger partial charge in [-0.15, -0.1) is 0 Å². The van der Waals surface area contributed by atoms with E-state index in [1.54, 1.807) is 7.11 Å². The molecule has 2 aromatic carbocycles. The number of methoxy groups -OCH3 is 1. The zero-order valence-electron chi connectivity index (χ0n) is 12.7. The third-order valence-electron chi connectivity index (χ3n) is 3.62. The zero-order valence-corrected chi connectivity index (χ0v) is 12.7. The first kappa shape index (κ1) is 14.2. The Hall–Kier alpha value is -2.75. The molecule has 0 saturated heterocycles. The van der Waals surface area contributed by atoms with E-state index in [1.807, 2.05) is 47.2 Å². The number of nitrogens with one attached hydrogen (secondary N) is 1. The molecule has 4 heteroatoms. The van der Waals surface area contributed by atoms with E-state index in [4.69, 9.17) is 4.74 Å². The van der Waals surface area contributed by atoms with Gasteiger partial charge in [0, 0.05) is 11.7 Å². The number of ether oxygens (including phenoxy) is 1. The minimum absolute atomic E-state index is 0.0809.